The highest BCUT2D eigenvalue weighted by atomic mass is 19.4. The lowest BCUT2D eigenvalue weighted by atomic mass is 9.91. The number of nitrogens with zero attached hydrogens (tertiary/aromatic N) is 4. The van der Waals surface area contributed by atoms with Crippen LogP contribution < -0.4 is 10.2 Å². The van der Waals surface area contributed by atoms with Crippen LogP contribution in [0.5, 0.6) is 0 Å². The van der Waals surface area contributed by atoms with Gasteiger partial charge in [0.25, 0.3) is 0 Å². The number of pyridine rings is 1. The van der Waals surface area contributed by atoms with E-state index < -0.39 is 18.1 Å². The highest BCUT2D eigenvalue weighted by Gasteiger charge is 2.45. The lowest BCUT2D eigenvalue weighted by Crippen LogP contribution is -2.54. The van der Waals surface area contributed by atoms with E-state index in [1.165, 1.54) is 0 Å². The number of rotatable bonds is 4. The van der Waals surface area contributed by atoms with Gasteiger partial charge in [-0.25, -0.2) is 0 Å². The Morgan fingerprint density at radius 3 is 2.70 bits per heavy atom. The number of likely N-dealkylation sites (tertiary alicyclic amines) is 1. The molecule has 0 bridgehead atoms. The fourth-order valence-corrected chi connectivity index (χ4v) is 4.98. The van der Waals surface area contributed by atoms with Crippen molar-refractivity contribution in [1.29, 1.82) is 5.26 Å². The number of alkyl halides is 3. The zero-order valence-electron chi connectivity index (χ0n) is 18.6. The molecule has 1 aromatic carbocycles. The number of amides is 1. The van der Waals surface area contributed by atoms with Crippen molar-refractivity contribution in [2.75, 3.05) is 38.1 Å². The summed E-state index contributed by atoms with van der Waals surface area (Å²) in [7, 11) is 2.05. The van der Waals surface area contributed by atoms with E-state index in [4.69, 9.17) is 0 Å². The third-order valence-electron chi connectivity index (χ3n) is 6.80. The van der Waals surface area contributed by atoms with Crippen LogP contribution in [0, 0.1) is 23.2 Å². The average molecular weight is 460 g/mol. The lowest BCUT2D eigenvalue weighted by molar-refractivity contribution is -0.178. The monoisotopic (exact) mass is 459 g/mol. The van der Waals surface area contributed by atoms with Crippen molar-refractivity contribution < 1.29 is 18.0 Å². The summed E-state index contributed by atoms with van der Waals surface area (Å²) in [6, 6.07) is 8.23. The minimum absolute atomic E-state index is 0.133. The zero-order chi connectivity index (χ0) is 23.6. The van der Waals surface area contributed by atoms with Gasteiger partial charge in [-0.15, -0.1) is 0 Å². The molecule has 0 radical (unpaired) electrons. The highest BCUT2D eigenvalue weighted by molar-refractivity contribution is 5.95. The number of aromatic nitrogens is 1. The van der Waals surface area contributed by atoms with Crippen molar-refractivity contribution in [1.82, 2.24) is 15.2 Å². The molecular formula is C24H28F3N5O. The topological polar surface area (TPSA) is 72.3 Å². The molecule has 9 heteroatoms. The molecule has 0 aliphatic carbocycles. The van der Waals surface area contributed by atoms with Gasteiger partial charge in [0.05, 0.1) is 17.0 Å². The average Bonchev–Trinajstić information content (AvgIpc) is 2.79. The normalized spacial score (nSPS) is 22.8. The summed E-state index contributed by atoms with van der Waals surface area (Å²) in [5.74, 6) is -1.46. The SMILES string of the molecule is CN1CCC(CC(=O)NC2CC(C(F)(F)F)CN(c3ccc(C#N)c4ncccc34)C2)CC1. The van der Waals surface area contributed by atoms with Gasteiger partial charge in [-0.2, -0.15) is 18.4 Å². The van der Waals surface area contributed by atoms with E-state index in [1.54, 1.807) is 35.4 Å². The van der Waals surface area contributed by atoms with Crippen LogP contribution >= 0.6 is 0 Å². The molecule has 2 aliphatic heterocycles. The summed E-state index contributed by atoms with van der Waals surface area (Å²) in [5, 5.41) is 12.9. The van der Waals surface area contributed by atoms with Crippen LogP contribution in [-0.4, -0.2) is 61.2 Å². The van der Waals surface area contributed by atoms with Crippen molar-refractivity contribution in [2.24, 2.45) is 11.8 Å². The van der Waals surface area contributed by atoms with E-state index >= 15 is 0 Å². The molecule has 0 spiro atoms. The maximum absolute atomic E-state index is 13.8. The molecule has 3 heterocycles. The highest BCUT2D eigenvalue weighted by Crippen LogP contribution is 2.37. The molecule has 2 aromatic rings. The Bertz CT molecular complexity index is 1040. The number of benzene rings is 1. The fourth-order valence-electron chi connectivity index (χ4n) is 4.98. The number of nitriles is 1. The second-order valence-electron chi connectivity index (χ2n) is 9.24. The van der Waals surface area contributed by atoms with Crippen LogP contribution in [0.4, 0.5) is 18.9 Å². The van der Waals surface area contributed by atoms with Gasteiger partial charge in [-0.05, 0) is 69.6 Å². The molecule has 1 aromatic heterocycles. The molecule has 2 atom stereocenters. The van der Waals surface area contributed by atoms with Crippen molar-refractivity contribution in [3.63, 3.8) is 0 Å². The number of anilines is 1. The van der Waals surface area contributed by atoms with Crippen molar-refractivity contribution >= 4 is 22.5 Å². The number of fused-ring (bicyclic) bond motifs is 1. The molecule has 0 saturated carbocycles. The number of nitrogens with one attached hydrogen (secondary N) is 1. The van der Waals surface area contributed by atoms with Gasteiger partial charge in [-0.1, -0.05) is 0 Å². The van der Waals surface area contributed by atoms with E-state index in [0.29, 0.717) is 28.6 Å². The summed E-state index contributed by atoms with van der Waals surface area (Å²) in [4.78, 5) is 20.8. The van der Waals surface area contributed by atoms with Gasteiger partial charge in [-0.3, -0.25) is 9.78 Å². The number of halogens is 3. The summed E-state index contributed by atoms with van der Waals surface area (Å²) in [5.41, 5.74) is 1.44. The molecular weight excluding hydrogens is 431 g/mol. The third kappa shape index (κ3) is 5.38. The molecule has 6 nitrogen and oxygen atoms in total. The lowest BCUT2D eigenvalue weighted by Gasteiger charge is -2.40. The van der Waals surface area contributed by atoms with E-state index in [0.717, 1.165) is 25.9 Å². The van der Waals surface area contributed by atoms with Crippen LogP contribution in [0.1, 0.15) is 31.2 Å². The first-order chi connectivity index (χ1) is 15.7. The second-order valence-corrected chi connectivity index (χ2v) is 9.24. The molecule has 33 heavy (non-hydrogen) atoms. The van der Waals surface area contributed by atoms with Crippen molar-refractivity contribution in [3.05, 3.63) is 36.0 Å². The predicted molar refractivity (Wildman–Crippen MR) is 120 cm³/mol. The number of carbonyl (C=O) groups is 1. The Balaban J connectivity index is 1.54. The Labute approximate surface area is 191 Å². The number of hydrogen-bond acceptors (Lipinski definition) is 5. The smallest absolute Gasteiger partial charge is 0.368 e. The van der Waals surface area contributed by atoms with E-state index in [-0.39, 0.29) is 31.3 Å². The standard InChI is InChI=1S/C24H28F3N5O/c1-31-9-6-16(7-10-31)11-22(33)30-19-12-18(24(25,26)27)14-32(15-19)21-5-4-17(13-28)23-20(21)3-2-8-29-23/h2-5,8,16,18-19H,6-7,9-12,14-15H2,1H3,(H,30,33). The van der Waals surface area contributed by atoms with Gasteiger partial charge in [0.15, 0.2) is 0 Å². The Morgan fingerprint density at radius 1 is 1.24 bits per heavy atom. The van der Waals surface area contributed by atoms with Gasteiger partial charge in [0.2, 0.25) is 5.91 Å². The predicted octanol–water partition coefficient (Wildman–Crippen LogP) is 3.71. The molecule has 176 valence electrons. The quantitative estimate of drug-likeness (QED) is 0.755. The minimum Gasteiger partial charge on any atom is -0.368 e. The van der Waals surface area contributed by atoms with Gasteiger partial charge in [0, 0.05) is 42.8 Å². The Kier molecular flexibility index (Phi) is 6.75. The molecule has 2 aliphatic rings. The maximum Gasteiger partial charge on any atom is 0.393 e. The number of carbonyl (C=O) groups excluding carboxylic acids is 1. The van der Waals surface area contributed by atoms with Crippen molar-refractivity contribution in [2.45, 2.75) is 37.9 Å². The molecule has 4 rings (SSSR count). The number of hydrogen-bond donors (Lipinski definition) is 1. The van der Waals surface area contributed by atoms with Gasteiger partial charge in [0.1, 0.15) is 6.07 Å². The largest absolute Gasteiger partial charge is 0.393 e. The molecule has 2 fully saturated rings. The Morgan fingerprint density at radius 2 is 2.00 bits per heavy atom. The summed E-state index contributed by atoms with van der Waals surface area (Å²) in [6.45, 7) is 1.96. The zero-order valence-corrected chi connectivity index (χ0v) is 18.6. The first kappa shape index (κ1) is 23.3. The van der Waals surface area contributed by atoms with Gasteiger partial charge < -0.3 is 15.1 Å². The molecule has 1 amide bonds. The third-order valence-corrected chi connectivity index (χ3v) is 6.80. The molecule has 2 unspecified atom stereocenters. The first-order valence-corrected chi connectivity index (χ1v) is 11.3. The van der Waals surface area contributed by atoms with E-state index in [9.17, 15) is 23.2 Å². The second kappa shape index (κ2) is 9.56. The summed E-state index contributed by atoms with van der Waals surface area (Å²) in [6.07, 6.45) is -0.730. The minimum atomic E-state index is -4.36. The molecule has 1 N–H and O–H groups in total. The first-order valence-electron chi connectivity index (χ1n) is 11.3. The van der Waals surface area contributed by atoms with Crippen LogP contribution in [0.3, 0.4) is 0 Å². The summed E-state index contributed by atoms with van der Waals surface area (Å²) < 4.78 is 41.4. The van der Waals surface area contributed by atoms with Crippen LogP contribution in [0.25, 0.3) is 10.9 Å². The molecule has 2 saturated heterocycles. The van der Waals surface area contributed by atoms with E-state index in [1.807, 2.05) is 7.05 Å². The summed E-state index contributed by atoms with van der Waals surface area (Å²) >= 11 is 0. The van der Waals surface area contributed by atoms with Crippen LogP contribution in [0.2, 0.25) is 0 Å². The van der Waals surface area contributed by atoms with Crippen LogP contribution in [-0.2, 0) is 4.79 Å². The van der Waals surface area contributed by atoms with Gasteiger partial charge >= 0.3 is 6.18 Å². The fraction of sp³-hybridized carbons (Fsp3) is 0.542. The number of piperidine rings is 2. The maximum atomic E-state index is 13.8. The van der Waals surface area contributed by atoms with Crippen molar-refractivity contribution in [3.8, 4) is 6.07 Å². The van der Waals surface area contributed by atoms with Crippen LogP contribution in [0.15, 0.2) is 30.5 Å². The Hall–Kier alpha value is -2.86. The van der Waals surface area contributed by atoms with E-state index in [2.05, 4.69) is 21.3 Å².